The number of benzene rings is 1. The number of carbonyl (C=O) groups is 5. The van der Waals surface area contributed by atoms with Crippen LogP contribution in [0.15, 0.2) is 30.9 Å². The van der Waals surface area contributed by atoms with Crippen LogP contribution in [0.5, 0.6) is 0 Å². The summed E-state index contributed by atoms with van der Waals surface area (Å²) in [5, 5.41) is 4.90. The molecule has 2 aliphatic heterocycles. The van der Waals surface area contributed by atoms with Gasteiger partial charge in [0.05, 0.1) is 103 Å². The summed E-state index contributed by atoms with van der Waals surface area (Å²) in [4.78, 5) is 63.4. The molecule has 0 spiro atoms. The van der Waals surface area contributed by atoms with Crippen molar-refractivity contribution in [3.05, 3.63) is 42.0 Å². The first-order chi connectivity index (χ1) is 23.9. The number of unbranched alkanes of at least 4 members (excludes halogenated alkanes) is 2. The fraction of sp³-hybridized carbons (Fsp3) is 0.618. The third-order valence-corrected chi connectivity index (χ3v) is 7.40. The molecule has 15 nitrogen and oxygen atoms in total. The molecule has 3 rings (SSSR count). The number of hydrogen-bond donors (Lipinski definition) is 2. The molecule has 0 aliphatic carbocycles. The Hall–Kier alpha value is -3.57. The van der Waals surface area contributed by atoms with Crippen LogP contribution in [0.3, 0.4) is 0 Å². The lowest BCUT2D eigenvalue weighted by Gasteiger charge is -2.27. The Morgan fingerprint density at radius 2 is 1.31 bits per heavy atom. The maximum absolute atomic E-state index is 13.2. The van der Waals surface area contributed by atoms with Crippen LogP contribution >= 0.6 is 0 Å². The van der Waals surface area contributed by atoms with Gasteiger partial charge in [0.1, 0.15) is 6.04 Å². The molecule has 1 fully saturated rings. The van der Waals surface area contributed by atoms with Gasteiger partial charge in [0.2, 0.25) is 17.7 Å². The van der Waals surface area contributed by atoms with E-state index in [1.165, 1.54) is 6.07 Å². The molecule has 2 aliphatic rings. The van der Waals surface area contributed by atoms with Gasteiger partial charge < -0.3 is 38.5 Å². The molecule has 272 valence electrons. The number of ether oxygens (including phenoxy) is 7. The van der Waals surface area contributed by atoms with Gasteiger partial charge in [-0.3, -0.25) is 34.2 Å². The highest BCUT2D eigenvalue weighted by atomic mass is 16.6. The third-order valence-electron chi connectivity index (χ3n) is 7.40. The number of anilines is 1. The van der Waals surface area contributed by atoms with Crippen molar-refractivity contribution in [2.75, 3.05) is 97.8 Å². The largest absolute Gasteiger partial charge is 0.379 e. The van der Waals surface area contributed by atoms with E-state index in [4.69, 9.17) is 33.2 Å². The van der Waals surface area contributed by atoms with Crippen molar-refractivity contribution < 1.29 is 57.1 Å². The normalized spacial score (nSPS) is 15.8. The van der Waals surface area contributed by atoms with Gasteiger partial charge in [0, 0.05) is 19.4 Å². The number of imide groups is 2. The van der Waals surface area contributed by atoms with Crippen molar-refractivity contribution >= 4 is 35.2 Å². The second kappa shape index (κ2) is 23.7. The van der Waals surface area contributed by atoms with Gasteiger partial charge in [-0.15, -0.1) is 6.58 Å². The minimum Gasteiger partial charge on any atom is -0.379 e. The number of piperidine rings is 1. The minimum atomic E-state index is -1.07. The Kier molecular flexibility index (Phi) is 19.3. The molecule has 0 saturated carbocycles. The van der Waals surface area contributed by atoms with Crippen LogP contribution in [-0.4, -0.2) is 133 Å². The van der Waals surface area contributed by atoms with Crippen LogP contribution in [0.4, 0.5) is 5.69 Å². The molecule has 1 unspecified atom stereocenters. The van der Waals surface area contributed by atoms with Crippen molar-refractivity contribution in [3.8, 4) is 0 Å². The van der Waals surface area contributed by atoms with Crippen LogP contribution in [0.2, 0.25) is 0 Å². The van der Waals surface area contributed by atoms with Gasteiger partial charge in [0.15, 0.2) is 0 Å². The Bertz CT molecular complexity index is 1230. The number of rotatable bonds is 28. The number of hydrogen-bond acceptors (Lipinski definition) is 12. The smallest absolute Gasteiger partial charge is 0.264 e. The van der Waals surface area contributed by atoms with E-state index in [2.05, 4.69) is 17.2 Å². The highest BCUT2D eigenvalue weighted by Crippen LogP contribution is 2.32. The van der Waals surface area contributed by atoms with E-state index < -0.39 is 29.7 Å². The van der Waals surface area contributed by atoms with Crippen LogP contribution in [0.25, 0.3) is 0 Å². The van der Waals surface area contributed by atoms with Crippen LogP contribution in [0.1, 0.15) is 59.2 Å². The monoisotopic (exact) mass is 691 g/mol. The lowest BCUT2D eigenvalue weighted by atomic mass is 10.0. The highest BCUT2D eigenvalue weighted by Gasteiger charge is 2.45. The molecular weight excluding hydrogens is 642 g/mol. The Morgan fingerprint density at radius 1 is 0.755 bits per heavy atom. The number of fused-ring (bicyclic) bond motifs is 1. The van der Waals surface area contributed by atoms with Crippen molar-refractivity contribution in [1.29, 1.82) is 0 Å². The SMILES string of the molecule is C=CCOCCOCCOCCOCCOCCOCCOCCCCCC(=O)Nc1cccc2c1C(=O)N(C1CCC(=O)NC1=O)C2=O. The van der Waals surface area contributed by atoms with E-state index >= 15 is 0 Å². The summed E-state index contributed by atoms with van der Waals surface area (Å²) in [6.07, 6.45) is 4.18. The Labute approximate surface area is 286 Å². The molecule has 0 radical (unpaired) electrons. The molecule has 0 bridgehead atoms. The summed E-state index contributed by atoms with van der Waals surface area (Å²) in [6, 6.07) is 3.54. The molecule has 1 saturated heterocycles. The molecule has 5 amide bonds. The van der Waals surface area contributed by atoms with Crippen molar-refractivity contribution in [3.63, 3.8) is 0 Å². The molecule has 2 heterocycles. The minimum absolute atomic E-state index is 0.0315. The zero-order chi connectivity index (χ0) is 35.1. The summed E-state index contributed by atoms with van der Waals surface area (Å²) < 4.78 is 38.0. The van der Waals surface area contributed by atoms with Gasteiger partial charge in [-0.25, -0.2) is 0 Å². The van der Waals surface area contributed by atoms with E-state index in [0.29, 0.717) is 98.9 Å². The van der Waals surface area contributed by atoms with E-state index in [1.807, 2.05) is 0 Å². The fourth-order valence-electron chi connectivity index (χ4n) is 4.98. The first-order valence-electron chi connectivity index (χ1n) is 16.7. The van der Waals surface area contributed by atoms with E-state index in [9.17, 15) is 24.0 Å². The molecule has 1 aromatic carbocycles. The Balaban J connectivity index is 1.11. The molecule has 15 heteroatoms. The zero-order valence-corrected chi connectivity index (χ0v) is 28.1. The van der Waals surface area contributed by atoms with Gasteiger partial charge in [-0.05, 0) is 31.4 Å². The van der Waals surface area contributed by atoms with Gasteiger partial charge in [-0.2, -0.15) is 0 Å². The summed E-state index contributed by atoms with van der Waals surface area (Å²) in [7, 11) is 0. The zero-order valence-electron chi connectivity index (χ0n) is 28.1. The highest BCUT2D eigenvalue weighted by molar-refractivity contribution is 6.26. The number of carbonyl (C=O) groups excluding carboxylic acids is 5. The molecule has 1 atom stereocenters. The summed E-state index contributed by atoms with van der Waals surface area (Å²) in [5.41, 5.74) is 0.391. The quantitative estimate of drug-likeness (QED) is 0.0743. The van der Waals surface area contributed by atoms with E-state index in [1.54, 1.807) is 18.2 Å². The number of nitrogens with zero attached hydrogens (tertiary/aromatic N) is 1. The first kappa shape index (κ1) is 39.9. The lowest BCUT2D eigenvalue weighted by molar-refractivity contribution is -0.136. The fourth-order valence-corrected chi connectivity index (χ4v) is 4.98. The van der Waals surface area contributed by atoms with Gasteiger partial charge in [-0.1, -0.05) is 18.6 Å². The van der Waals surface area contributed by atoms with Crippen LogP contribution in [-0.2, 0) is 47.5 Å². The number of amides is 5. The van der Waals surface area contributed by atoms with E-state index in [0.717, 1.165) is 17.7 Å². The topological polar surface area (TPSA) is 177 Å². The van der Waals surface area contributed by atoms with Crippen molar-refractivity contribution in [1.82, 2.24) is 10.2 Å². The molecule has 49 heavy (non-hydrogen) atoms. The molecule has 2 N–H and O–H groups in total. The Morgan fingerprint density at radius 3 is 1.86 bits per heavy atom. The second-order valence-corrected chi connectivity index (χ2v) is 11.1. The molecule has 0 aromatic heterocycles. The summed E-state index contributed by atoms with van der Waals surface area (Å²) >= 11 is 0. The van der Waals surface area contributed by atoms with Crippen molar-refractivity contribution in [2.24, 2.45) is 0 Å². The van der Waals surface area contributed by atoms with E-state index in [-0.39, 0.29) is 42.0 Å². The predicted molar refractivity (Wildman–Crippen MR) is 176 cm³/mol. The van der Waals surface area contributed by atoms with Gasteiger partial charge >= 0.3 is 0 Å². The molecular formula is C34H49N3O12. The summed E-state index contributed by atoms with van der Waals surface area (Å²) in [6.45, 7) is 10.5. The summed E-state index contributed by atoms with van der Waals surface area (Å²) in [5.74, 6) is -2.70. The lowest BCUT2D eigenvalue weighted by Crippen LogP contribution is -2.54. The second-order valence-electron chi connectivity index (χ2n) is 11.1. The van der Waals surface area contributed by atoms with Gasteiger partial charge in [0.25, 0.3) is 11.8 Å². The maximum Gasteiger partial charge on any atom is 0.264 e. The van der Waals surface area contributed by atoms with Crippen molar-refractivity contribution in [2.45, 2.75) is 44.6 Å². The maximum atomic E-state index is 13.2. The van der Waals surface area contributed by atoms with Crippen LogP contribution in [0, 0.1) is 0 Å². The average Bonchev–Trinajstić information content (AvgIpc) is 3.34. The number of nitrogens with one attached hydrogen (secondary N) is 2. The third kappa shape index (κ3) is 14.4. The van der Waals surface area contributed by atoms with Crippen LogP contribution < -0.4 is 10.6 Å². The standard InChI is InChI=1S/C34H49N3O12/c1-2-12-43-14-16-45-18-20-47-22-24-49-25-23-48-21-19-46-17-15-44-13-5-3-4-9-29(38)35-27-8-6-7-26-31(27)34(42)37(33(26)41)28-10-11-30(39)36-32(28)40/h2,6-8,28H,1,3-5,9-25H2,(H,35,38)(H,36,39,40). The predicted octanol–water partition coefficient (Wildman–Crippen LogP) is 1.89. The average molecular weight is 692 g/mol. The molecule has 1 aromatic rings. The first-order valence-corrected chi connectivity index (χ1v) is 16.7.